The van der Waals surface area contributed by atoms with Crippen molar-refractivity contribution in [2.24, 2.45) is 11.4 Å². The summed E-state index contributed by atoms with van der Waals surface area (Å²) in [6.45, 7) is 0. The first-order valence-corrected chi connectivity index (χ1v) is 8.79. The molecule has 0 spiro atoms. The van der Waals surface area contributed by atoms with Crippen LogP contribution in [0.1, 0.15) is 32.1 Å². The number of hydrogen-bond donors (Lipinski definition) is 3. The molecule has 0 radical (unpaired) electrons. The van der Waals surface area contributed by atoms with Gasteiger partial charge in [0.25, 0.3) is 0 Å². The predicted molar refractivity (Wildman–Crippen MR) is 59.7 cm³/mol. The highest BCUT2D eigenvalue weighted by Gasteiger charge is 2.46. The molecule has 5 heteroatoms. The largest absolute Gasteiger partial charge is 0.286 e. The van der Waals surface area contributed by atoms with Gasteiger partial charge in [-0.3, -0.25) is 10.7 Å². The third-order valence-electron chi connectivity index (χ3n) is 3.01. The van der Waals surface area contributed by atoms with Crippen LogP contribution in [0.15, 0.2) is 0 Å². The summed E-state index contributed by atoms with van der Waals surface area (Å²) in [4.78, 5) is 0. The van der Waals surface area contributed by atoms with Gasteiger partial charge in [-0.2, -0.15) is 0 Å². The van der Waals surface area contributed by atoms with E-state index in [9.17, 15) is 0 Å². The number of hydrogen-bond acceptors (Lipinski definition) is 2. The Morgan fingerprint density at radius 3 is 2.42 bits per heavy atom. The van der Waals surface area contributed by atoms with Gasteiger partial charge in [0, 0.05) is 4.75 Å². The summed E-state index contributed by atoms with van der Waals surface area (Å²) >= 11 is 5.85. The molecule has 0 aromatic heterocycles. The van der Waals surface area contributed by atoms with Gasteiger partial charge in [-0.1, -0.05) is 11.4 Å². The third kappa shape index (κ3) is 1.87. The van der Waals surface area contributed by atoms with Gasteiger partial charge >= 0.3 is 0 Å². The number of thiol groups is 1. The molecule has 0 aliphatic heterocycles. The van der Waals surface area contributed by atoms with Crippen LogP contribution in [0.4, 0.5) is 0 Å². The molecule has 1 unspecified atom stereocenters. The molecule has 2 aliphatic carbocycles. The Bertz CT molecular complexity index is 230. The van der Waals surface area contributed by atoms with Gasteiger partial charge in [0.15, 0.2) is 0 Å². The van der Waals surface area contributed by atoms with Crippen LogP contribution < -0.4 is 5.50 Å². The van der Waals surface area contributed by atoms with E-state index in [0.29, 0.717) is 4.75 Å². The van der Waals surface area contributed by atoms with Crippen molar-refractivity contribution in [3.05, 3.63) is 0 Å². The van der Waals surface area contributed by atoms with Crippen LogP contribution in [-0.2, 0) is 0 Å². The first kappa shape index (κ1) is 9.45. The van der Waals surface area contributed by atoms with Gasteiger partial charge in [0.1, 0.15) is 5.61 Å². The second-order valence-electron chi connectivity index (χ2n) is 4.04. The van der Waals surface area contributed by atoms with E-state index in [1.807, 2.05) is 0 Å². The lowest BCUT2D eigenvalue weighted by atomic mass is 10.0. The minimum atomic E-state index is -2.16. The van der Waals surface area contributed by atoms with Crippen LogP contribution in [0.3, 0.4) is 0 Å². The Kier molecular flexibility index (Phi) is 2.32. The lowest BCUT2D eigenvalue weighted by Gasteiger charge is -2.28. The number of rotatable bonds is 2. The molecule has 0 aromatic rings. The molecule has 2 aliphatic rings. The van der Waals surface area contributed by atoms with E-state index in [4.69, 9.17) is 10.7 Å². The third-order valence-corrected chi connectivity index (χ3v) is 6.98. The lowest BCUT2D eigenvalue weighted by molar-refractivity contribution is 0.501. The van der Waals surface area contributed by atoms with Gasteiger partial charge in [0.05, 0.1) is 0 Å². The number of nitrogens with two attached hydrogens (primary N) is 1. The van der Waals surface area contributed by atoms with Crippen LogP contribution in [0.5, 0.6) is 0 Å². The van der Waals surface area contributed by atoms with E-state index in [0.717, 1.165) is 5.92 Å². The second-order valence-corrected chi connectivity index (χ2v) is 11.3. The van der Waals surface area contributed by atoms with Crippen LogP contribution in [0.25, 0.3) is 0 Å². The minimum absolute atomic E-state index is 0.372. The van der Waals surface area contributed by atoms with Crippen LogP contribution in [0.2, 0.25) is 0 Å². The Morgan fingerprint density at radius 2 is 2.08 bits per heavy atom. The van der Waals surface area contributed by atoms with Crippen LogP contribution in [-0.4, -0.2) is 4.75 Å². The summed E-state index contributed by atoms with van der Waals surface area (Å²) in [6.07, 6.45) is 6.58. The topological polar surface area (TPSA) is 49.9 Å². The molecule has 2 saturated carbocycles. The van der Waals surface area contributed by atoms with Crippen molar-refractivity contribution in [3.63, 3.8) is 0 Å². The molecular formula is C7H15N2PS2. The van der Waals surface area contributed by atoms with Crippen LogP contribution in [0, 0.1) is 11.1 Å². The molecule has 2 nitrogen and oxygen atoms in total. The molecule has 0 heterocycles. The zero-order valence-corrected chi connectivity index (χ0v) is 9.60. The van der Waals surface area contributed by atoms with Crippen LogP contribution >= 0.6 is 29.2 Å². The van der Waals surface area contributed by atoms with Gasteiger partial charge < -0.3 is 0 Å². The molecular weight excluding hydrogens is 207 g/mol. The zero-order chi connectivity index (χ0) is 8.82. The summed E-state index contributed by atoms with van der Waals surface area (Å²) in [5.74, 6) is 0.942. The van der Waals surface area contributed by atoms with E-state index in [2.05, 4.69) is 12.2 Å². The van der Waals surface area contributed by atoms with Crippen molar-refractivity contribution in [1.29, 1.82) is 5.16 Å². The highest BCUT2D eigenvalue weighted by Crippen LogP contribution is 2.69. The molecule has 12 heavy (non-hydrogen) atoms. The highest BCUT2D eigenvalue weighted by atomic mass is 33.1. The second kappa shape index (κ2) is 2.94. The average molecular weight is 222 g/mol. The average Bonchev–Trinajstić information content (AvgIpc) is 2.40. The summed E-state index contributed by atoms with van der Waals surface area (Å²) in [5, 5.41) is 7.66. The maximum absolute atomic E-state index is 7.66. The molecule has 2 rings (SSSR count). The molecule has 0 aromatic carbocycles. The maximum atomic E-state index is 7.66. The number of nitrogens with one attached hydrogen (secondary N) is 1. The Labute approximate surface area is 82.9 Å². The van der Waals surface area contributed by atoms with Crippen molar-refractivity contribution < 1.29 is 0 Å². The monoisotopic (exact) mass is 222 g/mol. The summed E-state index contributed by atoms with van der Waals surface area (Å²) < 4.78 is 0.372. The van der Waals surface area contributed by atoms with E-state index in [-0.39, 0.29) is 0 Å². The lowest BCUT2D eigenvalue weighted by Crippen LogP contribution is -2.16. The van der Waals surface area contributed by atoms with E-state index < -0.39 is 5.61 Å². The first-order valence-electron chi connectivity index (χ1n) is 4.35. The normalized spacial score (nSPS) is 44.7. The number of fused-ring (bicyclic) bond motifs is 2. The van der Waals surface area contributed by atoms with Crippen molar-refractivity contribution >= 4 is 29.2 Å². The van der Waals surface area contributed by atoms with E-state index in [1.165, 1.54) is 32.1 Å². The van der Waals surface area contributed by atoms with E-state index >= 15 is 0 Å². The zero-order valence-electron chi connectivity index (χ0n) is 6.99. The highest BCUT2D eigenvalue weighted by molar-refractivity contribution is 8.86. The minimum Gasteiger partial charge on any atom is -0.286 e. The van der Waals surface area contributed by atoms with Gasteiger partial charge in [-0.15, -0.1) is 12.2 Å². The molecule has 2 fully saturated rings. The fraction of sp³-hybridized carbons (Fsp3) is 1.00. The standard InChI is InChI=1S/C7H15N2PS2/c8-10(9,11)12-7-3-1-6(5-7)2-4-7/h6H,1-5H2,(H4,8,9,11). The van der Waals surface area contributed by atoms with Crippen molar-refractivity contribution in [3.8, 4) is 0 Å². The Morgan fingerprint density at radius 1 is 1.50 bits per heavy atom. The maximum Gasteiger partial charge on any atom is 0.129 e. The fourth-order valence-electron chi connectivity index (χ4n) is 2.56. The van der Waals surface area contributed by atoms with Gasteiger partial charge in [-0.25, -0.2) is 0 Å². The van der Waals surface area contributed by atoms with Crippen molar-refractivity contribution in [1.82, 2.24) is 0 Å². The predicted octanol–water partition coefficient (Wildman–Crippen LogP) is 3.47. The molecule has 0 amide bonds. The Hall–Kier alpha value is 0.890. The SMILES string of the molecule is N=P(N)(S)SC12CCC(CC1)C2. The fourth-order valence-corrected chi connectivity index (χ4v) is 7.98. The van der Waals surface area contributed by atoms with Crippen molar-refractivity contribution in [2.45, 2.75) is 36.9 Å². The summed E-state index contributed by atoms with van der Waals surface area (Å²) in [5.41, 5.74) is 3.54. The molecule has 2 bridgehead atoms. The molecule has 1 atom stereocenters. The molecule has 0 saturated heterocycles. The van der Waals surface area contributed by atoms with Gasteiger partial charge in [-0.05, 0) is 38.0 Å². The first-order chi connectivity index (χ1) is 5.49. The summed E-state index contributed by atoms with van der Waals surface area (Å²) in [7, 11) is 0. The van der Waals surface area contributed by atoms with Gasteiger partial charge in [0.2, 0.25) is 0 Å². The smallest absolute Gasteiger partial charge is 0.129 e. The summed E-state index contributed by atoms with van der Waals surface area (Å²) in [6, 6.07) is 0. The molecule has 3 N–H and O–H groups in total. The molecule has 70 valence electrons. The quantitative estimate of drug-likeness (QED) is 0.495. The van der Waals surface area contributed by atoms with Crippen molar-refractivity contribution in [2.75, 3.05) is 0 Å². The van der Waals surface area contributed by atoms with E-state index in [1.54, 1.807) is 11.4 Å². The Balaban J connectivity index is 2.08.